The van der Waals surface area contributed by atoms with Crippen molar-refractivity contribution in [2.45, 2.75) is 6.42 Å². The average Bonchev–Trinajstić information content (AvgIpc) is 2.63. The lowest BCUT2D eigenvalue weighted by Crippen LogP contribution is -2.18. The fraction of sp³-hybridized carbons (Fsp3) is 0.105. The molecule has 1 amide bonds. The van der Waals surface area contributed by atoms with E-state index in [9.17, 15) is 9.18 Å². The van der Waals surface area contributed by atoms with E-state index >= 15 is 0 Å². The molecule has 0 bridgehead atoms. The number of amides is 1. The van der Waals surface area contributed by atoms with E-state index in [2.05, 4.69) is 10.6 Å². The van der Waals surface area contributed by atoms with Crippen LogP contribution < -0.4 is 10.6 Å². The third-order valence-electron chi connectivity index (χ3n) is 3.40. The first-order chi connectivity index (χ1) is 12.2. The van der Waals surface area contributed by atoms with E-state index in [0.29, 0.717) is 29.8 Å². The Balaban J connectivity index is 1.96. The first-order valence-electron chi connectivity index (χ1n) is 7.53. The molecule has 5 nitrogen and oxygen atoms in total. The number of anilines is 1. The zero-order chi connectivity index (χ0) is 18.1. The summed E-state index contributed by atoms with van der Waals surface area (Å²) in [6.07, 6.45) is 1.70. The van der Waals surface area contributed by atoms with E-state index in [1.54, 1.807) is 48.5 Å². The predicted molar refractivity (Wildman–Crippen MR) is 91.6 cm³/mol. The number of hydrogen-bond acceptors (Lipinski definition) is 4. The molecule has 0 radical (unpaired) electrons. The highest BCUT2D eigenvalue weighted by atomic mass is 19.1. The molecule has 0 saturated carbocycles. The van der Waals surface area contributed by atoms with Gasteiger partial charge in [0, 0.05) is 12.7 Å². The van der Waals surface area contributed by atoms with Gasteiger partial charge in [-0.15, -0.1) is 0 Å². The van der Waals surface area contributed by atoms with Crippen LogP contribution in [0.2, 0.25) is 0 Å². The Hall–Kier alpha value is -3.64. The summed E-state index contributed by atoms with van der Waals surface area (Å²) in [4.78, 5) is 12.1. The third-order valence-corrected chi connectivity index (χ3v) is 3.40. The average molecular weight is 334 g/mol. The second-order valence-electron chi connectivity index (χ2n) is 5.08. The van der Waals surface area contributed by atoms with E-state index in [0.717, 1.165) is 0 Å². The van der Waals surface area contributed by atoms with Crippen LogP contribution in [0.25, 0.3) is 0 Å². The lowest BCUT2D eigenvalue weighted by Gasteiger charge is -2.07. The first-order valence-corrected chi connectivity index (χ1v) is 7.53. The molecule has 0 aliphatic rings. The molecule has 2 aromatic rings. The quantitative estimate of drug-likeness (QED) is 0.483. The molecule has 0 saturated heterocycles. The van der Waals surface area contributed by atoms with Crippen LogP contribution in [-0.4, -0.2) is 12.5 Å². The normalized spacial score (nSPS) is 10.4. The highest BCUT2D eigenvalue weighted by molar-refractivity contribution is 6.07. The van der Waals surface area contributed by atoms with Gasteiger partial charge in [0.2, 0.25) is 0 Å². The van der Waals surface area contributed by atoms with Crippen molar-refractivity contribution in [2.24, 2.45) is 0 Å². The van der Waals surface area contributed by atoms with Crippen LogP contribution in [0, 0.1) is 28.5 Å². The van der Waals surface area contributed by atoms with Gasteiger partial charge in [0.15, 0.2) is 0 Å². The van der Waals surface area contributed by atoms with Crippen LogP contribution in [0.5, 0.6) is 0 Å². The second-order valence-corrected chi connectivity index (χ2v) is 5.08. The van der Waals surface area contributed by atoms with Gasteiger partial charge in [0.25, 0.3) is 5.91 Å². The number of carbonyl (C=O) groups excluding carboxylic acids is 1. The van der Waals surface area contributed by atoms with Gasteiger partial charge in [-0.25, -0.2) is 4.39 Å². The fourth-order valence-electron chi connectivity index (χ4n) is 2.11. The minimum Gasteiger partial charge on any atom is -0.389 e. The molecular formula is C19H15FN4O. The SMILES string of the molecule is N#C/C(=C/NCCc1ccccc1F)C(=O)Nc1ccccc1C#N. The molecule has 0 aromatic heterocycles. The Morgan fingerprint density at radius 1 is 1.12 bits per heavy atom. The molecule has 25 heavy (non-hydrogen) atoms. The van der Waals surface area contributed by atoms with Gasteiger partial charge in [-0.3, -0.25) is 4.79 Å². The Kier molecular flexibility index (Phi) is 6.27. The zero-order valence-corrected chi connectivity index (χ0v) is 13.3. The number of nitriles is 2. The molecule has 0 aliphatic carbocycles. The minimum absolute atomic E-state index is 0.138. The number of nitrogens with zero attached hydrogens (tertiary/aromatic N) is 2. The van der Waals surface area contributed by atoms with Crippen molar-refractivity contribution in [1.82, 2.24) is 5.32 Å². The molecule has 124 valence electrons. The molecule has 0 fully saturated rings. The van der Waals surface area contributed by atoms with E-state index < -0.39 is 5.91 Å². The molecular weight excluding hydrogens is 319 g/mol. The van der Waals surface area contributed by atoms with Crippen molar-refractivity contribution in [3.63, 3.8) is 0 Å². The first kappa shape index (κ1) is 17.7. The smallest absolute Gasteiger partial charge is 0.267 e. The summed E-state index contributed by atoms with van der Waals surface area (Å²) in [6, 6.07) is 16.7. The number of para-hydroxylation sites is 1. The largest absolute Gasteiger partial charge is 0.389 e. The lowest BCUT2D eigenvalue weighted by molar-refractivity contribution is -0.112. The van der Waals surface area contributed by atoms with Gasteiger partial charge in [-0.2, -0.15) is 10.5 Å². The molecule has 0 spiro atoms. The summed E-state index contributed by atoms with van der Waals surface area (Å²) in [5.74, 6) is -0.914. The van der Waals surface area contributed by atoms with Gasteiger partial charge in [0.1, 0.15) is 23.5 Å². The van der Waals surface area contributed by atoms with Crippen molar-refractivity contribution < 1.29 is 9.18 Å². The monoisotopic (exact) mass is 334 g/mol. The number of benzene rings is 2. The second kappa shape index (κ2) is 8.85. The van der Waals surface area contributed by atoms with E-state index in [1.807, 2.05) is 6.07 Å². The number of carbonyl (C=O) groups is 1. The summed E-state index contributed by atoms with van der Waals surface area (Å²) in [5.41, 5.74) is 1.05. The maximum absolute atomic E-state index is 13.5. The molecule has 0 heterocycles. The minimum atomic E-state index is -0.622. The van der Waals surface area contributed by atoms with Gasteiger partial charge in [-0.05, 0) is 30.2 Å². The summed E-state index contributed by atoms with van der Waals surface area (Å²) < 4.78 is 13.5. The van der Waals surface area contributed by atoms with Crippen LogP contribution in [0.4, 0.5) is 10.1 Å². The molecule has 2 aromatic carbocycles. The Labute approximate surface area is 145 Å². The van der Waals surface area contributed by atoms with Crippen molar-refractivity contribution in [1.29, 1.82) is 10.5 Å². The summed E-state index contributed by atoms with van der Waals surface area (Å²) in [7, 11) is 0. The number of halogens is 1. The topological polar surface area (TPSA) is 88.7 Å². The van der Waals surface area contributed by atoms with Gasteiger partial charge < -0.3 is 10.6 Å². The Bertz CT molecular complexity index is 877. The van der Waals surface area contributed by atoms with Gasteiger partial charge in [-0.1, -0.05) is 30.3 Å². The Morgan fingerprint density at radius 2 is 1.84 bits per heavy atom. The zero-order valence-electron chi connectivity index (χ0n) is 13.3. The number of hydrogen-bond donors (Lipinski definition) is 2. The maximum atomic E-state index is 13.5. The number of rotatable bonds is 6. The predicted octanol–water partition coefficient (Wildman–Crippen LogP) is 2.88. The van der Waals surface area contributed by atoms with Crippen LogP contribution >= 0.6 is 0 Å². The third kappa shape index (κ3) is 4.92. The maximum Gasteiger partial charge on any atom is 0.267 e. The molecule has 0 aliphatic heterocycles. The molecule has 2 N–H and O–H groups in total. The number of nitrogens with one attached hydrogen (secondary N) is 2. The van der Waals surface area contributed by atoms with Crippen LogP contribution in [0.3, 0.4) is 0 Å². The lowest BCUT2D eigenvalue weighted by atomic mass is 10.1. The van der Waals surface area contributed by atoms with E-state index in [1.165, 1.54) is 12.3 Å². The summed E-state index contributed by atoms with van der Waals surface area (Å²) >= 11 is 0. The van der Waals surface area contributed by atoms with Crippen molar-refractivity contribution in [3.8, 4) is 12.1 Å². The van der Waals surface area contributed by atoms with Crippen LogP contribution in [0.15, 0.2) is 60.3 Å². The van der Waals surface area contributed by atoms with Crippen molar-refractivity contribution in [2.75, 3.05) is 11.9 Å². The Morgan fingerprint density at radius 3 is 2.56 bits per heavy atom. The van der Waals surface area contributed by atoms with E-state index in [4.69, 9.17) is 10.5 Å². The standard InChI is InChI=1S/C19H15FN4O/c20-17-7-3-1-5-14(17)9-10-23-13-16(12-22)19(25)24-18-8-4-2-6-15(18)11-21/h1-8,13,23H,9-10H2,(H,24,25)/b16-13-. The van der Waals surface area contributed by atoms with Crippen LogP contribution in [-0.2, 0) is 11.2 Å². The molecule has 0 atom stereocenters. The van der Waals surface area contributed by atoms with E-state index in [-0.39, 0.29) is 11.4 Å². The summed E-state index contributed by atoms with van der Waals surface area (Å²) in [5, 5.41) is 23.5. The van der Waals surface area contributed by atoms with Crippen LogP contribution in [0.1, 0.15) is 11.1 Å². The van der Waals surface area contributed by atoms with Gasteiger partial charge in [0.05, 0.1) is 11.3 Å². The fourth-order valence-corrected chi connectivity index (χ4v) is 2.11. The molecule has 2 rings (SSSR count). The highest BCUT2D eigenvalue weighted by Crippen LogP contribution is 2.14. The molecule has 0 unspecified atom stereocenters. The van der Waals surface area contributed by atoms with Crippen molar-refractivity contribution in [3.05, 3.63) is 77.2 Å². The van der Waals surface area contributed by atoms with Gasteiger partial charge >= 0.3 is 0 Å². The highest BCUT2D eigenvalue weighted by Gasteiger charge is 2.11. The summed E-state index contributed by atoms with van der Waals surface area (Å²) in [6.45, 7) is 0.369. The van der Waals surface area contributed by atoms with Crippen molar-refractivity contribution >= 4 is 11.6 Å². The molecule has 6 heteroatoms.